The van der Waals surface area contributed by atoms with E-state index >= 15 is 0 Å². The zero-order valence-electron chi connectivity index (χ0n) is 11.5. The molecule has 2 aromatic heterocycles. The monoisotopic (exact) mass is 303 g/mol. The number of furan rings is 1. The second-order valence-electron chi connectivity index (χ2n) is 4.65. The molecule has 3 rings (SSSR count). The van der Waals surface area contributed by atoms with Crippen LogP contribution in [-0.2, 0) is 6.61 Å². The minimum absolute atomic E-state index is 0.185. The number of aromatic nitrogens is 1. The number of thiazole rings is 1. The molecule has 2 heterocycles. The number of ether oxygens (including phenoxy) is 1. The predicted molar refractivity (Wildman–Crippen MR) is 79.1 cm³/mol. The highest BCUT2D eigenvalue weighted by Gasteiger charge is 2.17. The molecule has 108 valence electrons. The van der Waals surface area contributed by atoms with E-state index in [4.69, 9.17) is 9.15 Å². The van der Waals surface area contributed by atoms with Crippen LogP contribution in [0.15, 0.2) is 28.1 Å². The van der Waals surface area contributed by atoms with Crippen molar-refractivity contribution >= 4 is 28.3 Å². The van der Waals surface area contributed by atoms with Gasteiger partial charge in [0.05, 0.1) is 16.1 Å². The molecule has 0 amide bonds. The van der Waals surface area contributed by atoms with Gasteiger partial charge in [-0.05, 0) is 32.0 Å². The molecule has 0 radical (unpaired) electrons. The molecule has 0 unspecified atom stereocenters. The summed E-state index contributed by atoms with van der Waals surface area (Å²) in [6, 6.07) is 5.20. The lowest BCUT2D eigenvalue weighted by atomic mass is 10.1. The van der Waals surface area contributed by atoms with Gasteiger partial charge < -0.3 is 14.3 Å². The SMILES string of the molecule is Cc1ncsc1COc1ccc2oc(C)c(C(=O)O)c2c1. The van der Waals surface area contributed by atoms with E-state index in [1.165, 1.54) is 11.3 Å². The number of carboxylic acids is 1. The van der Waals surface area contributed by atoms with Crippen molar-refractivity contribution in [2.75, 3.05) is 0 Å². The van der Waals surface area contributed by atoms with Crippen LogP contribution in [0.5, 0.6) is 5.75 Å². The number of benzene rings is 1. The molecule has 0 bridgehead atoms. The van der Waals surface area contributed by atoms with E-state index in [0.29, 0.717) is 29.1 Å². The molecule has 0 spiro atoms. The Balaban J connectivity index is 1.91. The van der Waals surface area contributed by atoms with Crippen molar-refractivity contribution < 1.29 is 19.1 Å². The first-order valence-electron chi connectivity index (χ1n) is 6.34. The lowest BCUT2D eigenvalue weighted by Gasteiger charge is -2.05. The number of aromatic carboxylic acids is 1. The van der Waals surface area contributed by atoms with Gasteiger partial charge in [0.15, 0.2) is 0 Å². The van der Waals surface area contributed by atoms with Crippen LogP contribution in [0.3, 0.4) is 0 Å². The fourth-order valence-corrected chi connectivity index (χ4v) is 2.86. The highest BCUT2D eigenvalue weighted by Crippen LogP contribution is 2.29. The normalized spacial score (nSPS) is 11.0. The standard InChI is InChI=1S/C15H13NO4S/c1-8-13(21-7-16-8)6-19-10-3-4-12-11(5-10)14(15(17)18)9(2)20-12/h3-5,7H,6H2,1-2H3,(H,17,18). The van der Waals surface area contributed by atoms with Crippen LogP contribution in [0.25, 0.3) is 11.0 Å². The summed E-state index contributed by atoms with van der Waals surface area (Å²) in [5.41, 5.74) is 3.46. The van der Waals surface area contributed by atoms with Gasteiger partial charge in [-0.2, -0.15) is 0 Å². The highest BCUT2D eigenvalue weighted by molar-refractivity contribution is 7.09. The van der Waals surface area contributed by atoms with Gasteiger partial charge in [-0.1, -0.05) is 0 Å². The van der Waals surface area contributed by atoms with Gasteiger partial charge in [0.2, 0.25) is 0 Å². The molecule has 21 heavy (non-hydrogen) atoms. The van der Waals surface area contributed by atoms with E-state index in [-0.39, 0.29) is 5.56 Å². The molecule has 5 nitrogen and oxygen atoms in total. The van der Waals surface area contributed by atoms with E-state index < -0.39 is 5.97 Å². The number of hydrogen-bond acceptors (Lipinski definition) is 5. The maximum absolute atomic E-state index is 11.3. The van der Waals surface area contributed by atoms with Crippen LogP contribution < -0.4 is 4.74 Å². The average Bonchev–Trinajstić information content (AvgIpc) is 2.98. The number of rotatable bonds is 4. The molecule has 3 aromatic rings. The number of aryl methyl sites for hydroxylation is 2. The zero-order valence-corrected chi connectivity index (χ0v) is 12.4. The first-order chi connectivity index (χ1) is 10.1. The van der Waals surface area contributed by atoms with Crippen LogP contribution in [0.2, 0.25) is 0 Å². The third-order valence-electron chi connectivity index (χ3n) is 3.26. The maximum Gasteiger partial charge on any atom is 0.339 e. The van der Waals surface area contributed by atoms with E-state index in [0.717, 1.165) is 10.6 Å². The van der Waals surface area contributed by atoms with Gasteiger partial charge in [0.1, 0.15) is 29.3 Å². The Hall–Kier alpha value is -2.34. The molecule has 0 atom stereocenters. The van der Waals surface area contributed by atoms with Gasteiger partial charge in [-0.25, -0.2) is 9.78 Å². The summed E-state index contributed by atoms with van der Waals surface area (Å²) in [7, 11) is 0. The first kappa shape index (κ1) is 13.6. The van der Waals surface area contributed by atoms with Crippen molar-refractivity contribution in [1.82, 2.24) is 4.98 Å². The zero-order chi connectivity index (χ0) is 15.0. The Morgan fingerprint density at radius 3 is 2.90 bits per heavy atom. The van der Waals surface area contributed by atoms with Crippen LogP contribution >= 0.6 is 11.3 Å². The number of fused-ring (bicyclic) bond motifs is 1. The number of carboxylic acid groups (broad SMARTS) is 1. The summed E-state index contributed by atoms with van der Waals surface area (Å²) in [6.07, 6.45) is 0. The Morgan fingerprint density at radius 2 is 2.24 bits per heavy atom. The highest BCUT2D eigenvalue weighted by atomic mass is 32.1. The molecular weight excluding hydrogens is 290 g/mol. The summed E-state index contributed by atoms with van der Waals surface area (Å²) >= 11 is 1.54. The third kappa shape index (κ3) is 2.50. The summed E-state index contributed by atoms with van der Waals surface area (Å²) in [5, 5.41) is 9.81. The fraction of sp³-hybridized carbons (Fsp3) is 0.200. The van der Waals surface area contributed by atoms with E-state index in [1.807, 2.05) is 6.92 Å². The summed E-state index contributed by atoms with van der Waals surface area (Å²) in [5.74, 6) is 0.00764. The van der Waals surface area contributed by atoms with Crippen molar-refractivity contribution in [1.29, 1.82) is 0 Å². The lowest BCUT2D eigenvalue weighted by Crippen LogP contribution is -1.97. The third-order valence-corrected chi connectivity index (χ3v) is 4.17. The molecule has 1 aromatic carbocycles. The van der Waals surface area contributed by atoms with Crippen molar-refractivity contribution in [3.63, 3.8) is 0 Å². The lowest BCUT2D eigenvalue weighted by molar-refractivity contribution is 0.0697. The molecule has 0 fully saturated rings. The Kier molecular flexibility index (Phi) is 3.39. The molecular formula is C15H13NO4S. The van der Waals surface area contributed by atoms with Gasteiger partial charge in [-0.15, -0.1) is 11.3 Å². The largest absolute Gasteiger partial charge is 0.488 e. The Morgan fingerprint density at radius 1 is 1.43 bits per heavy atom. The summed E-state index contributed by atoms with van der Waals surface area (Å²) < 4.78 is 11.2. The molecule has 0 saturated heterocycles. The van der Waals surface area contributed by atoms with Gasteiger partial charge in [0.25, 0.3) is 0 Å². The van der Waals surface area contributed by atoms with Crippen molar-refractivity contribution in [3.8, 4) is 5.75 Å². The molecule has 0 aliphatic carbocycles. The minimum Gasteiger partial charge on any atom is -0.488 e. The van der Waals surface area contributed by atoms with E-state index in [2.05, 4.69) is 4.98 Å². The van der Waals surface area contributed by atoms with Gasteiger partial charge in [0, 0.05) is 5.39 Å². The fourth-order valence-electron chi connectivity index (χ4n) is 2.17. The topological polar surface area (TPSA) is 72.6 Å². The number of hydrogen-bond donors (Lipinski definition) is 1. The van der Waals surface area contributed by atoms with E-state index in [9.17, 15) is 9.90 Å². The smallest absolute Gasteiger partial charge is 0.339 e. The molecule has 0 aliphatic rings. The van der Waals surface area contributed by atoms with Crippen LogP contribution in [0.4, 0.5) is 0 Å². The minimum atomic E-state index is -0.998. The average molecular weight is 303 g/mol. The van der Waals surface area contributed by atoms with Crippen LogP contribution in [-0.4, -0.2) is 16.1 Å². The van der Waals surface area contributed by atoms with Crippen molar-refractivity contribution in [3.05, 3.63) is 45.6 Å². The maximum atomic E-state index is 11.3. The van der Waals surface area contributed by atoms with Crippen LogP contribution in [0.1, 0.15) is 26.7 Å². The molecule has 0 saturated carbocycles. The first-order valence-corrected chi connectivity index (χ1v) is 7.22. The van der Waals surface area contributed by atoms with Gasteiger partial charge >= 0.3 is 5.97 Å². The second-order valence-corrected chi connectivity index (χ2v) is 5.59. The molecule has 0 aliphatic heterocycles. The predicted octanol–water partition coefficient (Wildman–Crippen LogP) is 3.78. The van der Waals surface area contributed by atoms with Gasteiger partial charge in [-0.3, -0.25) is 0 Å². The van der Waals surface area contributed by atoms with Crippen LogP contribution in [0, 0.1) is 13.8 Å². The number of carbonyl (C=O) groups is 1. The van der Waals surface area contributed by atoms with Crippen molar-refractivity contribution in [2.24, 2.45) is 0 Å². The molecule has 1 N–H and O–H groups in total. The second kappa shape index (κ2) is 5.21. The number of nitrogens with zero attached hydrogens (tertiary/aromatic N) is 1. The Bertz CT molecular complexity index is 818. The summed E-state index contributed by atoms with van der Waals surface area (Å²) in [6.45, 7) is 3.99. The van der Waals surface area contributed by atoms with E-state index in [1.54, 1.807) is 30.6 Å². The van der Waals surface area contributed by atoms with Crippen molar-refractivity contribution in [2.45, 2.75) is 20.5 Å². The summed E-state index contributed by atoms with van der Waals surface area (Å²) in [4.78, 5) is 16.5. The quantitative estimate of drug-likeness (QED) is 0.794. The molecule has 6 heteroatoms. The Labute approximate surface area is 124 Å².